The van der Waals surface area contributed by atoms with Crippen LogP contribution in [0.3, 0.4) is 0 Å². The molecule has 6 aromatic carbocycles. The highest BCUT2D eigenvalue weighted by molar-refractivity contribution is 6.24. The smallest absolute Gasteiger partial charge is 0.329 e. The van der Waals surface area contributed by atoms with Gasteiger partial charge in [0, 0.05) is 12.1 Å². The fourth-order valence-corrected chi connectivity index (χ4v) is 10.3. The summed E-state index contributed by atoms with van der Waals surface area (Å²) in [4.78, 5) is 77.4. The minimum Gasteiger partial charge on any atom is -0.491 e. The lowest BCUT2D eigenvalue weighted by atomic mass is 9.65. The number of benzene rings is 6. The zero-order chi connectivity index (χ0) is 49.6. The van der Waals surface area contributed by atoms with Gasteiger partial charge in [-0.25, -0.2) is 14.5 Å². The lowest BCUT2D eigenvalue weighted by Gasteiger charge is -2.46. The van der Waals surface area contributed by atoms with E-state index < -0.39 is 77.6 Å². The first kappa shape index (κ1) is 47.8. The summed E-state index contributed by atoms with van der Waals surface area (Å²) in [6.45, 7) is 1.16. The van der Waals surface area contributed by atoms with E-state index in [-0.39, 0.29) is 37.6 Å². The van der Waals surface area contributed by atoms with Crippen molar-refractivity contribution in [2.75, 3.05) is 31.2 Å². The average molecular weight is 953 g/mol. The Morgan fingerprint density at radius 1 is 0.775 bits per heavy atom. The highest BCUT2D eigenvalue weighted by Crippen LogP contribution is 2.66. The Morgan fingerprint density at radius 3 is 2.03 bits per heavy atom. The first-order chi connectivity index (χ1) is 34.5. The van der Waals surface area contributed by atoms with Crippen LogP contribution >= 0.6 is 0 Å². The van der Waals surface area contributed by atoms with Gasteiger partial charge in [0.2, 0.25) is 11.8 Å². The molecule has 1 spiro atoms. The third-order valence-electron chi connectivity index (χ3n) is 13.4. The van der Waals surface area contributed by atoms with Crippen LogP contribution in [-0.4, -0.2) is 77.3 Å². The Kier molecular flexibility index (Phi) is 14.0. The second-order valence-electron chi connectivity index (χ2n) is 17.6. The molecule has 3 aliphatic rings. The first-order valence-electron chi connectivity index (χ1n) is 23.3. The molecule has 8 atom stereocenters. The molecular formula is C56H52N6O9. The Labute approximate surface area is 410 Å². The fourth-order valence-electron chi connectivity index (χ4n) is 10.3. The molecule has 0 aromatic heterocycles. The minimum absolute atomic E-state index is 0.00871. The molecule has 0 saturated carbocycles. The van der Waals surface area contributed by atoms with E-state index in [1.165, 1.54) is 0 Å². The summed E-state index contributed by atoms with van der Waals surface area (Å²) in [6.07, 6.45) is -2.15. The van der Waals surface area contributed by atoms with E-state index in [0.717, 1.165) is 10.5 Å². The number of ether oxygens (including phenoxy) is 2. The number of esters is 1. The second-order valence-corrected chi connectivity index (χ2v) is 17.6. The third kappa shape index (κ3) is 9.19. The van der Waals surface area contributed by atoms with Gasteiger partial charge in [0.15, 0.2) is 0 Å². The summed E-state index contributed by atoms with van der Waals surface area (Å²) < 4.78 is 12.4. The highest BCUT2D eigenvalue weighted by atomic mass is 16.6. The van der Waals surface area contributed by atoms with Gasteiger partial charge in [0.1, 0.15) is 29.9 Å². The number of amides is 6. The lowest BCUT2D eigenvalue weighted by Crippen LogP contribution is -2.56. The number of aliphatic hydroxyl groups is 2. The van der Waals surface area contributed by atoms with Crippen molar-refractivity contribution in [1.29, 1.82) is 0 Å². The summed E-state index contributed by atoms with van der Waals surface area (Å²) in [5.41, 5.74) is 7.08. The number of carbonyl (C=O) groups excluding carboxylic acids is 5. The minimum atomic E-state index is -2.12. The van der Waals surface area contributed by atoms with E-state index in [1.807, 2.05) is 95.9 Å². The molecule has 71 heavy (non-hydrogen) atoms. The van der Waals surface area contributed by atoms with Crippen LogP contribution in [0.5, 0.6) is 5.75 Å². The Bertz CT molecular complexity index is 2970. The number of hydrogen-bond acceptors (Lipinski definition) is 10. The van der Waals surface area contributed by atoms with Crippen LogP contribution in [-0.2, 0) is 24.5 Å². The number of imide groups is 1. The van der Waals surface area contributed by atoms with E-state index in [0.29, 0.717) is 33.6 Å². The predicted molar refractivity (Wildman–Crippen MR) is 263 cm³/mol. The van der Waals surface area contributed by atoms with Gasteiger partial charge >= 0.3 is 18.0 Å². The fraction of sp³-hybridized carbons (Fsp3) is 0.232. The zero-order valence-corrected chi connectivity index (χ0v) is 38.7. The lowest BCUT2D eigenvalue weighted by molar-refractivity contribution is -0.178. The van der Waals surface area contributed by atoms with Gasteiger partial charge in [0.25, 0.3) is 0 Å². The van der Waals surface area contributed by atoms with Crippen molar-refractivity contribution in [1.82, 2.24) is 20.9 Å². The number of morpholine rings is 1. The quantitative estimate of drug-likeness (QED) is 0.0582. The summed E-state index contributed by atoms with van der Waals surface area (Å²) in [6, 6.07) is 42.7. The van der Waals surface area contributed by atoms with Crippen molar-refractivity contribution in [2.45, 2.75) is 48.7 Å². The van der Waals surface area contributed by atoms with Crippen LogP contribution in [0.15, 0.2) is 164 Å². The van der Waals surface area contributed by atoms with Crippen LogP contribution in [0, 0.1) is 17.8 Å². The number of fused-ring (bicyclic) bond motifs is 3. The molecule has 0 radical (unpaired) electrons. The van der Waals surface area contributed by atoms with Gasteiger partial charge < -0.3 is 41.4 Å². The van der Waals surface area contributed by atoms with Crippen molar-refractivity contribution < 1.29 is 43.7 Å². The normalized spacial score (nSPS) is 22.0. The number of nitrogens with zero attached hydrogens (tertiary/aromatic N) is 2. The van der Waals surface area contributed by atoms with Crippen LogP contribution in [0.25, 0.3) is 0 Å². The number of primary amides is 1. The monoisotopic (exact) mass is 952 g/mol. The summed E-state index contributed by atoms with van der Waals surface area (Å²) in [5, 5.41) is 29.5. The number of nitrogens with one attached hydrogen (secondary N) is 3. The van der Waals surface area contributed by atoms with Crippen molar-refractivity contribution in [3.05, 3.63) is 203 Å². The molecule has 2 saturated heterocycles. The Hall–Kier alpha value is -8.29. The van der Waals surface area contributed by atoms with Crippen molar-refractivity contribution in [3.8, 4) is 17.6 Å². The molecule has 0 unspecified atom stereocenters. The molecule has 0 aliphatic carbocycles. The van der Waals surface area contributed by atoms with E-state index in [4.69, 9.17) is 15.2 Å². The van der Waals surface area contributed by atoms with Crippen LogP contribution in [0.4, 0.5) is 15.3 Å². The van der Waals surface area contributed by atoms with E-state index in [2.05, 4.69) is 27.8 Å². The van der Waals surface area contributed by atoms with Gasteiger partial charge in [-0.1, -0.05) is 145 Å². The number of anilines is 1. The highest BCUT2D eigenvalue weighted by Gasteiger charge is 2.75. The molecule has 0 bridgehead atoms. The van der Waals surface area contributed by atoms with Crippen LogP contribution in [0.2, 0.25) is 0 Å². The molecule has 6 amide bonds. The van der Waals surface area contributed by atoms with Crippen molar-refractivity contribution in [2.24, 2.45) is 11.7 Å². The topological polar surface area (TPSA) is 213 Å². The largest absolute Gasteiger partial charge is 0.491 e. The SMILES string of the molecule is C[C@@H](NC(=O)N1C(=O)[C@@]2(c3cc(C#CCNC(N)=O)ccc31)[C@H](C(=O)NC[C@H](O)c1ccccc1)[C@H]1C(=O)O[C@H](c3ccccc3)[C@H](c3ccccc3)N1[C@@H]2c1ccc(OCCO)cc1)c1ccccc1. The maximum Gasteiger partial charge on any atom is 0.329 e. The third-order valence-corrected chi connectivity index (χ3v) is 13.4. The Balaban J connectivity index is 1.31. The molecule has 360 valence electrons. The summed E-state index contributed by atoms with van der Waals surface area (Å²) >= 11 is 0. The van der Waals surface area contributed by atoms with Crippen LogP contribution in [0.1, 0.15) is 76.2 Å². The molecule has 15 nitrogen and oxygen atoms in total. The summed E-state index contributed by atoms with van der Waals surface area (Å²) in [5.74, 6) is 2.35. The molecule has 6 aromatic rings. The molecular weight excluding hydrogens is 901 g/mol. The summed E-state index contributed by atoms with van der Waals surface area (Å²) in [7, 11) is 0. The number of urea groups is 2. The number of hydrogen-bond donors (Lipinski definition) is 6. The number of aliphatic hydroxyl groups excluding tert-OH is 2. The average Bonchev–Trinajstić information content (AvgIpc) is 3.86. The number of rotatable bonds is 13. The molecule has 2 fully saturated rings. The van der Waals surface area contributed by atoms with E-state index >= 15 is 19.2 Å². The van der Waals surface area contributed by atoms with Crippen molar-refractivity contribution >= 4 is 35.5 Å². The van der Waals surface area contributed by atoms with Crippen LogP contribution < -0.4 is 31.3 Å². The van der Waals surface area contributed by atoms with Gasteiger partial charge in [0.05, 0.1) is 49.0 Å². The zero-order valence-electron chi connectivity index (χ0n) is 38.7. The molecule has 15 heteroatoms. The van der Waals surface area contributed by atoms with Gasteiger partial charge in [-0.05, 0) is 70.6 Å². The maximum absolute atomic E-state index is 16.6. The molecule has 3 aliphatic heterocycles. The van der Waals surface area contributed by atoms with E-state index in [1.54, 1.807) is 79.7 Å². The molecule has 3 heterocycles. The van der Waals surface area contributed by atoms with Gasteiger partial charge in [-0.3, -0.25) is 19.3 Å². The second kappa shape index (κ2) is 20.7. The van der Waals surface area contributed by atoms with Gasteiger partial charge in [-0.15, -0.1) is 0 Å². The van der Waals surface area contributed by atoms with Crippen molar-refractivity contribution in [3.63, 3.8) is 0 Å². The molecule has 9 rings (SSSR count). The Morgan fingerprint density at radius 2 is 1.39 bits per heavy atom. The predicted octanol–water partition coefficient (Wildman–Crippen LogP) is 6.06. The first-order valence-corrected chi connectivity index (χ1v) is 23.3. The maximum atomic E-state index is 16.6. The van der Waals surface area contributed by atoms with E-state index in [9.17, 15) is 15.0 Å². The number of nitrogens with two attached hydrogens (primary N) is 1. The molecule has 7 N–H and O–H groups in total. The standard InChI is InChI=1S/C56H52N6O9/c1-35(37-16-6-2-7-17-37)60-55(69)61-44-29-24-36(15-14-30-58-54(57)68)33-43(44)56(53(61)67)46(51(65)59-34-45(64)38-18-8-3-9-19-38)48-52(66)71-49(40-22-12-5-13-23-40)47(39-20-10-4-11-21-39)62(48)50(56)41-25-27-42(28-26-41)70-32-31-63/h2-13,16-29,33,35,45-50,63-64H,30-32,34H2,1H3,(H,59,65)(H,60,69)(H3,57,58,68)/t35-,45+,46+,47+,48+,49-,50-,56+/m1/s1. The number of carbonyl (C=O) groups is 5. The van der Waals surface area contributed by atoms with Gasteiger partial charge in [-0.2, -0.15) is 0 Å². The number of cyclic esters (lactones) is 1.